The Bertz CT molecular complexity index is 1110. The van der Waals surface area contributed by atoms with Crippen molar-refractivity contribution in [1.29, 1.82) is 0 Å². The maximum atomic E-state index is 12.7. The van der Waals surface area contributed by atoms with Crippen LogP contribution in [0.5, 0.6) is 17.2 Å². The Morgan fingerprint density at radius 1 is 0.935 bits per heavy atom. The van der Waals surface area contributed by atoms with E-state index in [0.717, 1.165) is 16.5 Å². The molecule has 0 aliphatic rings. The Labute approximate surface area is 180 Å². The minimum atomic E-state index is -0.589. The first-order valence-corrected chi connectivity index (χ1v) is 10.3. The molecule has 7 nitrogen and oxygen atoms in total. The van der Waals surface area contributed by atoms with Crippen LogP contribution in [0.1, 0.15) is 42.3 Å². The van der Waals surface area contributed by atoms with Gasteiger partial charge in [-0.3, -0.25) is 4.79 Å². The van der Waals surface area contributed by atoms with Crippen molar-refractivity contribution in [3.8, 4) is 17.2 Å². The van der Waals surface area contributed by atoms with E-state index >= 15 is 0 Å². The van der Waals surface area contributed by atoms with Gasteiger partial charge in [0, 0.05) is 0 Å². The minimum Gasteiger partial charge on any atom is -0.490 e. The number of pyridine rings is 1. The second kappa shape index (κ2) is 10.0. The largest absolute Gasteiger partial charge is 0.490 e. The second-order valence-electron chi connectivity index (χ2n) is 6.84. The summed E-state index contributed by atoms with van der Waals surface area (Å²) in [5, 5.41) is 0.879. The van der Waals surface area contributed by atoms with Gasteiger partial charge >= 0.3 is 5.97 Å². The van der Waals surface area contributed by atoms with E-state index in [9.17, 15) is 9.59 Å². The molecule has 0 bridgehead atoms. The van der Waals surface area contributed by atoms with Gasteiger partial charge in [-0.05, 0) is 56.8 Å². The predicted molar refractivity (Wildman–Crippen MR) is 118 cm³/mol. The number of benzene rings is 2. The lowest BCUT2D eigenvalue weighted by Crippen LogP contribution is -2.16. The number of esters is 1. The first kappa shape index (κ1) is 22.2. The first-order valence-electron chi connectivity index (χ1n) is 10.3. The number of ether oxygens (including phenoxy) is 4. The van der Waals surface area contributed by atoms with Gasteiger partial charge in [-0.15, -0.1) is 0 Å². The number of hydrogen-bond acceptors (Lipinski definition) is 6. The lowest BCUT2D eigenvalue weighted by Gasteiger charge is -2.17. The van der Waals surface area contributed by atoms with E-state index in [0.29, 0.717) is 42.6 Å². The van der Waals surface area contributed by atoms with Gasteiger partial charge < -0.3 is 23.9 Å². The Morgan fingerprint density at radius 3 is 2.19 bits per heavy atom. The number of nitrogens with one attached hydrogen (secondary N) is 1. The van der Waals surface area contributed by atoms with E-state index in [1.807, 2.05) is 45.9 Å². The van der Waals surface area contributed by atoms with E-state index in [1.54, 1.807) is 18.2 Å². The zero-order valence-corrected chi connectivity index (χ0v) is 18.2. The summed E-state index contributed by atoms with van der Waals surface area (Å²) in [6.07, 6.45) is 0. The third-order valence-electron chi connectivity index (χ3n) is 4.67. The zero-order valence-electron chi connectivity index (χ0n) is 18.2. The fourth-order valence-electron chi connectivity index (χ4n) is 3.27. The smallest absolute Gasteiger partial charge is 0.338 e. The maximum absolute atomic E-state index is 12.7. The number of para-hydroxylation sites is 1. The van der Waals surface area contributed by atoms with E-state index in [1.165, 1.54) is 0 Å². The van der Waals surface area contributed by atoms with Crippen molar-refractivity contribution < 1.29 is 23.7 Å². The summed E-state index contributed by atoms with van der Waals surface area (Å²) >= 11 is 0. The van der Waals surface area contributed by atoms with Gasteiger partial charge in [-0.1, -0.05) is 18.2 Å². The monoisotopic (exact) mass is 425 g/mol. The molecule has 31 heavy (non-hydrogen) atoms. The van der Waals surface area contributed by atoms with Crippen LogP contribution >= 0.6 is 0 Å². The Hall–Kier alpha value is -3.48. The number of hydrogen-bond donors (Lipinski definition) is 1. The molecule has 3 rings (SSSR count). The molecule has 3 aromatic rings. The number of carbonyl (C=O) groups is 1. The fourth-order valence-corrected chi connectivity index (χ4v) is 3.27. The molecule has 1 aromatic heterocycles. The summed E-state index contributed by atoms with van der Waals surface area (Å²) in [4.78, 5) is 28.0. The molecular formula is C24H27NO6. The molecular weight excluding hydrogens is 398 g/mol. The summed E-state index contributed by atoms with van der Waals surface area (Å²) in [5.41, 5.74) is 2.08. The van der Waals surface area contributed by atoms with Crippen molar-refractivity contribution in [1.82, 2.24) is 4.98 Å². The van der Waals surface area contributed by atoms with Crippen molar-refractivity contribution in [2.75, 3.05) is 19.8 Å². The standard InChI is InChI=1S/C24H27NO6/c1-5-28-19-12-17(13-20(29-6-2)22(19)30-7-3)24(27)31-14-18-11-16-10-8-9-15(4)21(16)25-23(18)26/h8-13H,5-7,14H2,1-4H3,(H,25,26). The summed E-state index contributed by atoms with van der Waals surface area (Å²) in [6, 6.07) is 10.6. The highest BCUT2D eigenvalue weighted by Crippen LogP contribution is 2.39. The van der Waals surface area contributed by atoms with E-state index in [4.69, 9.17) is 18.9 Å². The maximum Gasteiger partial charge on any atom is 0.338 e. The molecule has 0 atom stereocenters. The fraction of sp³-hybridized carbons (Fsp3) is 0.333. The van der Waals surface area contributed by atoms with Gasteiger partial charge in [-0.2, -0.15) is 0 Å². The third-order valence-corrected chi connectivity index (χ3v) is 4.67. The van der Waals surface area contributed by atoms with Gasteiger partial charge in [0.1, 0.15) is 6.61 Å². The molecule has 0 radical (unpaired) electrons. The quantitative estimate of drug-likeness (QED) is 0.512. The molecule has 0 fully saturated rings. The number of fused-ring (bicyclic) bond motifs is 1. The molecule has 1 N–H and O–H groups in total. The normalized spacial score (nSPS) is 10.7. The molecule has 0 aliphatic carbocycles. The Morgan fingerprint density at radius 2 is 1.58 bits per heavy atom. The average molecular weight is 425 g/mol. The number of carbonyl (C=O) groups excluding carboxylic acids is 1. The second-order valence-corrected chi connectivity index (χ2v) is 6.84. The predicted octanol–water partition coefficient (Wildman–Crippen LogP) is 4.39. The first-order chi connectivity index (χ1) is 15.0. The van der Waals surface area contributed by atoms with Crippen LogP contribution in [0.15, 0.2) is 41.2 Å². The molecule has 0 unspecified atom stereocenters. The van der Waals surface area contributed by atoms with Crippen LogP contribution in [-0.4, -0.2) is 30.8 Å². The van der Waals surface area contributed by atoms with Crippen molar-refractivity contribution in [2.24, 2.45) is 0 Å². The SMILES string of the molecule is CCOc1cc(C(=O)OCc2cc3cccc(C)c3[nH]c2=O)cc(OCC)c1OCC. The van der Waals surface area contributed by atoms with Gasteiger partial charge in [0.05, 0.1) is 36.5 Å². The van der Waals surface area contributed by atoms with Gasteiger partial charge in [0.15, 0.2) is 11.5 Å². The van der Waals surface area contributed by atoms with Gasteiger partial charge in [0.2, 0.25) is 5.75 Å². The molecule has 164 valence electrons. The van der Waals surface area contributed by atoms with Crippen LogP contribution in [0.4, 0.5) is 0 Å². The van der Waals surface area contributed by atoms with E-state index in [-0.39, 0.29) is 17.7 Å². The molecule has 0 spiro atoms. The zero-order chi connectivity index (χ0) is 22.4. The summed E-state index contributed by atoms with van der Waals surface area (Å²) in [5.74, 6) is 0.667. The Kier molecular flexibility index (Phi) is 7.18. The number of aryl methyl sites for hydroxylation is 1. The average Bonchev–Trinajstić information content (AvgIpc) is 2.75. The van der Waals surface area contributed by atoms with Gasteiger partial charge in [0.25, 0.3) is 5.56 Å². The molecule has 0 saturated heterocycles. The van der Waals surface area contributed by atoms with E-state index < -0.39 is 5.97 Å². The number of aromatic nitrogens is 1. The minimum absolute atomic E-state index is 0.154. The number of aromatic amines is 1. The highest BCUT2D eigenvalue weighted by atomic mass is 16.5. The number of rotatable bonds is 9. The molecule has 0 aliphatic heterocycles. The third kappa shape index (κ3) is 4.99. The highest BCUT2D eigenvalue weighted by Gasteiger charge is 2.19. The molecule has 0 saturated carbocycles. The van der Waals surface area contributed by atoms with Gasteiger partial charge in [-0.25, -0.2) is 4.79 Å². The summed E-state index contributed by atoms with van der Waals surface area (Å²) < 4.78 is 22.4. The van der Waals surface area contributed by atoms with Crippen LogP contribution in [0.2, 0.25) is 0 Å². The Balaban J connectivity index is 1.87. The van der Waals surface area contributed by atoms with Crippen molar-refractivity contribution in [2.45, 2.75) is 34.3 Å². The lowest BCUT2D eigenvalue weighted by atomic mass is 10.1. The van der Waals surface area contributed by atoms with Crippen molar-refractivity contribution in [3.05, 3.63) is 63.4 Å². The van der Waals surface area contributed by atoms with Crippen LogP contribution in [0.25, 0.3) is 10.9 Å². The molecule has 0 amide bonds. The molecule has 2 aromatic carbocycles. The molecule has 7 heteroatoms. The van der Waals surface area contributed by atoms with E-state index in [2.05, 4.69) is 4.98 Å². The highest BCUT2D eigenvalue weighted by molar-refractivity contribution is 5.91. The van der Waals surface area contributed by atoms with Crippen LogP contribution < -0.4 is 19.8 Å². The topological polar surface area (TPSA) is 86.9 Å². The van der Waals surface area contributed by atoms with Crippen LogP contribution in [0, 0.1) is 6.92 Å². The molecule has 1 heterocycles. The summed E-state index contributed by atoms with van der Waals surface area (Å²) in [6.45, 7) is 8.54. The van der Waals surface area contributed by atoms with Crippen LogP contribution in [-0.2, 0) is 11.3 Å². The van der Waals surface area contributed by atoms with Crippen molar-refractivity contribution in [3.63, 3.8) is 0 Å². The number of H-pyrrole nitrogens is 1. The van der Waals surface area contributed by atoms with Crippen molar-refractivity contribution >= 4 is 16.9 Å². The van der Waals surface area contributed by atoms with Crippen LogP contribution in [0.3, 0.4) is 0 Å². The lowest BCUT2D eigenvalue weighted by molar-refractivity contribution is 0.0470. The summed E-state index contributed by atoms with van der Waals surface area (Å²) in [7, 11) is 0.